The zero-order valence-electron chi connectivity index (χ0n) is 19.4. The summed E-state index contributed by atoms with van der Waals surface area (Å²) in [6, 6.07) is 10.6. The van der Waals surface area contributed by atoms with E-state index in [-0.39, 0.29) is 23.3 Å². The Hall–Kier alpha value is -3.62. The first-order valence-corrected chi connectivity index (χ1v) is 11.5. The maximum Gasteiger partial charge on any atom is 0.435 e. The molecule has 3 rings (SSSR count). The highest BCUT2D eigenvalue weighted by atomic mass is 79.9. The summed E-state index contributed by atoms with van der Waals surface area (Å²) in [6.07, 6.45) is -13.6. The minimum atomic E-state index is -6.57. The molecule has 0 saturated carbocycles. The Kier molecular flexibility index (Phi) is 8.87. The predicted octanol–water partition coefficient (Wildman–Crippen LogP) is 8.16. The minimum Gasteiger partial charge on any atom is -0.433 e. The van der Waals surface area contributed by atoms with Crippen molar-refractivity contribution >= 4 is 33.3 Å². The second-order valence-electron chi connectivity index (χ2n) is 8.06. The highest BCUT2D eigenvalue weighted by Gasteiger charge is 2.73. The van der Waals surface area contributed by atoms with Crippen LogP contribution in [-0.4, -0.2) is 30.7 Å². The molecule has 4 nitrogen and oxygen atoms in total. The number of rotatable bonds is 8. The molecule has 0 aliphatic rings. The minimum absolute atomic E-state index is 0.0414. The maximum absolute atomic E-state index is 15.1. The fraction of sp³-hybridized carbons (Fsp3) is 0.200. The van der Waals surface area contributed by atoms with Crippen molar-refractivity contribution in [3.8, 4) is 5.75 Å². The van der Waals surface area contributed by atoms with Crippen LogP contribution in [0.15, 0.2) is 65.1 Å². The van der Waals surface area contributed by atoms with Gasteiger partial charge in [0, 0.05) is 22.0 Å². The highest BCUT2D eigenvalue weighted by molar-refractivity contribution is 9.10. The number of ether oxygens (including phenoxy) is 1. The van der Waals surface area contributed by atoms with Gasteiger partial charge in [-0.05, 0) is 39.7 Å². The molecule has 0 bridgehead atoms. The van der Waals surface area contributed by atoms with Crippen molar-refractivity contribution in [1.82, 2.24) is 0 Å². The van der Waals surface area contributed by atoms with Crippen LogP contribution in [0, 0.1) is 5.82 Å². The first-order valence-electron chi connectivity index (χ1n) is 10.8. The lowest BCUT2D eigenvalue weighted by Crippen LogP contribution is -2.50. The van der Waals surface area contributed by atoms with Crippen LogP contribution in [0.1, 0.15) is 31.8 Å². The van der Waals surface area contributed by atoms with Crippen LogP contribution in [0.2, 0.25) is 0 Å². The largest absolute Gasteiger partial charge is 0.435 e. The van der Waals surface area contributed by atoms with Crippen molar-refractivity contribution in [1.29, 1.82) is 0 Å². The van der Waals surface area contributed by atoms with Gasteiger partial charge in [0.25, 0.3) is 5.91 Å². The molecular formula is C25H14BrF10NO3. The monoisotopic (exact) mass is 645 g/mol. The fourth-order valence-electron chi connectivity index (χ4n) is 3.55. The summed E-state index contributed by atoms with van der Waals surface area (Å²) in [4.78, 5) is 25.2. The first-order chi connectivity index (χ1) is 18.5. The van der Waals surface area contributed by atoms with Gasteiger partial charge in [0.1, 0.15) is 5.82 Å². The first kappa shape index (κ1) is 30.9. The van der Waals surface area contributed by atoms with Gasteiger partial charge in [-0.3, -0.25) is 9.59 Å². The van der Waals surface area contributed by atoms with Gasteiger partial charge in [0.15, 0.2) is 11.5 Å². The molecule has 0 fully saturated rings. The van der Waals surface area contributed by atoms with Crippen molar-refractivity contribution in [2.45, 2.75) is 31.1 Å². The number of nitrogens with one attached hydrogen (secondary N) is 1. The number of anilines is 1. The molecule has 15 heteroatoms. The highest BCUT2D eigenvalue weighted by Crippen LogP contribution is 2.55. The summed E-state index contributed by atoms with van der Waals surface area (Å²) >= 11 is 2.53. The van der Waals surface area contributed by atoms with Gasteiger partial charge in [-0.2, -0.15) is 35.1 Å². The summed E-state index contributed by atoms with van der Waals surface area (Å²) in [5, 5.41) is 1.86. The topological polar surface area (TPSA) is 55.4 Å². The van der Waals surface area contributed by atoms with E-state index in [1.54, 1.807) is 18.2 Å². The number of amides is 1. The standard InChI is InChI=1S/C25H14BrF10NO3/c26-16-10-14(23(30,24(31,32)33)25(34,35)36)11-18(40-22(28)29)20(16)37-21(39)15-8-4-7-13(19(15)27)9-17(38)12-5-2-1-3-6-12/h1-8,10-11,22H,9H2,(H,37,39). The van der Waals surface area contributed by atoms with Crippen LogP contribution in [0.25, 0.3) is 0 Å². The van der Waals surface area contributed by atoms with Gasteiger partial charge in [-0.25, -0.2) is 8.78 Å². The molecule has 0 radical (unpaired) electrons. The number of carbonyl (C=O) groups is 2. The zero-order chi connectivity index (χ0) is 30.0. The van der Waals surface area contributed by atoms with Gasteiger partial charge in [0.05, 0.1) is 11.3 Å². The second kappa shape index (κ2) is 11.5. The molecule has 214 valence electrons. The van der Waals surface area contributed by atoms with E-state index in [4.69, 9.17) is 0 Å². The SMILES string of the molecule is O=C(Cc1cccc(C(=O)Nc2c(Br)cc(C(F)(C(F)(F)F)C(F)(F)F)cc2OC(F)F)c1F)c1ccccc1. The van der Waals surface area contributed by atoms with Crippen LogP contribution in [0.5, 0.6) is 5.75 Å². The Labute approximate surface area is 227 Å². The number of Topliss-reactive ketones (excluding diaryl/α,β-unsaturated/α-hetero) is 1. The average Bonchev–Trinajstić information content (AvgIpc) is 2.85. The fourth-order valence-corrected chi connectivity index (χ4v) is 4.09. The number of benzene rings is 3. The van der Waals surface area contributed by atoms with Gasteiger partial charge in [0.2, 0.25) is 0 Å². The van der Waals surface area contributed by atoms with Gasteiger partial charge in [-0.15, -0.1) is 0 Å². The summed E-state index contributed by atoms with van der Waals surface area (Å²) < 4.78 is 138. The molecule has 0 atom stereocenters. The van der Waals surface area contributed by atoms with E-state index < -0.39 is 75.6 Å². The molecule has 0 heterocycles. The van der Waals surface area contributed by atoms with E-state index in [1.807, 2.05) is 5.32 Å². The lowest BCUT2D eigenvalue weighted by Gasteiger charge is -2.31. The Morgan fingerprint density at radius 1 is 0.875 bits per heavy atom. The molecule has 0 aromatic heterocycles. The number of halogens is 11. The summed E-state index contributed by atoms with van der Waals surface area (Å²) in [5.74, 6) is -4.63. The van der Waals surface area contributed by atoms with E-state index in [9.17, 15) is 49.1 Å². The number of alkyl halides is 9. The number of ketones is 1. The third-order valence-corrected chi connectivity index (χ3v) is 6.08. The Balaban J connectivity index is 2.02. The van der Waals surface area contributed by atoms with Crippen molar-refractivity contribution in [3.05, 3.63) is 93.2 Å². The third-order valence-electron chi connectivity index (χ3n) is 5.46. The summed E-state index contributed by atoms with van der Waals surface area (Å²) in [7, 11) is 0. The van der Waals surface area contributed by atoms with Gasteiger partial charge >= 0.3 is 24.6 Å². The Bertz CT molecular complexity index is 1390. The van der Waals surface area contributed by atoms with Crippen molar-refractivity contribution in [2.24, 2.45) is 0 Å². The molecule has 1 N–H and O–H groups in total. The van der Waals surface area contributed by atoms with E-state index in [0.29, 0.717) is 0 Å². The van der Waals surface area contributed by atoms with E-state index in [0.717, 1.165) is 6.07 Å². The summed E-state index contributed by atoms with van der Waals surface area (Å²) in [6.45, 7) is -3.84. The molecule has 0 aliphatic heterocycles. The van der Waals surface area contributed by atoms with Crippen LogP contribution in [-0.2, 0) is 12.1 Å². The predicted molar refractivity (Wildman–Crippen MR) is 124 cm³/mol. The van der Waals surface area contributed by atoms with Crippen LogP contribution < -0.4 is 10.1 Å². The number of hydrogen-bond acceptors (Lipinski definition) is 3. The van der Waals surface area contributed by atoms with E-state index in [2.05, 4.69) is 20.7 Å². The molecule has 3 aromatic carbocycles. The second-order valence-corrected chi connectivity index (χ2v) is 8.92. The Morgan fingerprint density at radius 3 is 2.02 bits per heavy atom. The molecule has 3 aromatic rings. The van der Waals surface area contributed by atoms with Crippen molar-refractivity contribution in [3.63, 3.8) is 0 Å². The van der Waals surface area contributed by atoms with E-state index in [1.165, 1.54) is 24.3 Å². The molecule has 0 unspecified atom stereocenters. The summed E-state index contributed by atoms with van der Waals surface area (Å²) in [5.41, 5.74) is -9.92. The zero-order valence-corrected chi connectivity index (χ0v) is 21.0. The van der Waals surface area contributed by atoms with Crippen LogP contribution in [0.3, 0.4) is 0 Å². The van der Waals surface area contributed by atoms with Crippen molar-refractivity contribution < 1.29 is 58.2 Å². The average molecular weight is 646 g/mol. The van der Waals surface area contributed by atoms with Crippen molar-refractivity contribution in [2.75, 3.05) is 5.32 Å². The number of carbonyl (C=O) groups excluding carboxylic acids is 2. The maximum atomic E-state index is 15.1. The molecule has 0 spiro atoms. The lowest BCUT2D eigenvalue weighted by atomic mass is 9.93. The molecular weight excluding hydrogens is 632 g/mol. The lowest BCUT2D eigenvalue weighted by molar-refractivity contribution is -0.348. The molecule has 0 saturated heterocycles. The normalized spacial score (nSPS) is 12.4. The molecule has 0 aliphatic carbocycles. The quantitative estimate of drug-likeness (QED) is 0.199. The number of hydrogen-bond donors (Lipinski definition) is 1. The van der Waals surface area contributed by atoms with Gasteiger partial charge < -0.3 is 10.1 Å². The van der Waals surface area contributed by atoms with Gasteiger partial charge in [-0.1, -0.05) is 42.5 Å². The van der Waals surface area contributed by atoms with Crippen LogP contribution >= 0.6 is 15.9 Å². The smallest absolute Gasteiger partial charge is 0.433 e. The molecule has 40 heavy (non-hydrogen) atoms. The molecule has 1 amide bonds. The van der Waals surface area contributed by atoms with E-state index >= 15 is 4.39 Å². The third kappa shape index (κ3) is 6.24. The van der Waals surface area contributed by atoms with Crippen LogP contribution in [0.4, 0.5) is 49.6 Å². The Morgan fingerprint density at radius 2 is 1.48 bits per heavy atom.